The molecule has 2 saturated carbocycles. The molecule has 0 aliphatic heterocycles. The molecule has 0 aromatic heterocycles. The van der Waals surface area contributed by atoms with Gasteiger partial charge in [0.15, 0.2) is 0 Å². The minimum Gasteiger partial charge on any atom is -0.358 e. The van der Waals surface area contributed by atoms with Crippen LogP contribution in [0, 0.1) is 77.0 Å². The van der Waals surface area contributed by atoms with Crippen molar-refractivity contribution in [2.24, 2.45) is 0 Å². The first-order valence-corrected chi connectivity index (χ1v) is 8.10. The maximum Gasteiger partial charge on any atom is 4.00 e. The van der Waals surface area contributed by atoms with Crippen LogP contribution in [0.3, 0.4) is 0 Å². The summed E-state index contributed by atoms with van der Waals surface area (Å²) in [5.74, 6) is 5.79. The standard InChI is InChI=1S/2C10H15.2CH3.Zr/c2*1-3-4-5-10-7-6-9(2)8-10;;;/h2*6-8H,3-5H2,1-2H3;2*1H3;/q;;2*-1;+4. The van der Waals surface area contributed by atoms with Gasteiger partial charge in [0, 0.05) is 0 Å². The Morgan fingerprint density at radius 1 is 0.652 bits per heavy atom. The molecule has 126 valence electrons. The molecule has 0 unspecified atom stereocenters. The molecule has 2 rings (SSSR count). The van der Waals surface area contributed by atoms with Crippen molar-refractivity contribution in [1.29, 1.82) is 0 Å². The van der Waals surface area contributed by atoms with Gasteiger partial charge in [-0.25, -0.2) is 0 Å². The van der Waals surface area contributed by atoms with Gasteiger partial charge in [-0.05, 0) is 75.0 Å². The molecule has 0 N–H and O–H groups in total. The van der Waals surface area contributed by atoms with E-state index in [1.165, 1.54) is 62.2 Å². The quantitative estimate of drug-likeness (QED) is 0.435. The molecule has 0 spiro atoms. The van der Waals surface area contributed by atoms with Crippen LogP contribution in [0.4, 0.5) is 0 Å². The average Bonchev–Trinajstić information content (AvgIpc) is 3.03. The summed E-state index contributed by atoms with van der Waals surface area (Å²) in [5.41, 5.74) is 0. The van der Waals surface area contributed by atoms with Gasteiger partial charge in [-0.3, -0.25) is 0 Å². The third-order valence-electron chi connectivity index (χ3n) is 3.58. The first kappa shape index (κ1) is 28.7. The molecule has 0 nitrogen and oxygen atoms in total. The summed E-state index contributed by atoms with van der Waals surface area (Å²) in [5, 5.41) is 0. The second-order valence-corrected chi connectivity index (χ2v) is 5.80. The third-order valence-corrected chi connectivity index (χ3v) is 3.58. The van der Waals surface area contributed by atoms with Crippen molar-refractivity contribution in [3.63, 3.8) is 0 Å². The molecule has 2 aliphatic carbocycles. The number of rotatable bonds is 6. The monoisotopic (exact) mass is 390 g/mol. The van der Waals surface area contributed by atoms with Crippen LogP contribution in [0.15, 0.2) is 0 Å². The minimum atomic E-state index is 0. The predicted molar refractivity (Wildman–Crippen MR) is 102 cm³/mol. The molecule has 2 aliphatic rings. The largest absolute Gasteiger partial charge is 4.00 e. The molecule has 2 fully saturated rings. The molecule has 1 heteroatoms. The molecule has 0 bridgehead atoms. The van der Waals surface area contributed by atoms with E-state index in [2.05, 4.69) is 66.2 Å². The first-order chi connectivity index (χ1) is 9.65. The summed E-state index contributed by atoms with van der Waals surface area (Å²) in [7, 11) is 0. The molecule has 10 radical (unpaired) electrons. The summed E-state index contributed by atoms with van der Waals surface area (Å²) in [6.07, 6.45) is 21.1. The van der Waals surface area contributed by atoms with Gasteiger partial charge < -0.3 is 14.9 Å². The molecule has 0 saturated heterocycles. The zero-order chi connectivity index (χ0) is 14.8. The van der Waals surface area contributed by atoms with Gasteiger partial charge in [0.05, 0.1) is 0 Å². The van der Waals surface area contributed by atoms with E-state index in [0.29, 0.717) is 0 Å². The molecular weight excluding hydrogens is 355 g/mol. The Labute approximate surface area is 169 Å². The van der Waals surface area contributed by atoms with E-state index >= 15 is 0 Å². The van der Waals surface area contributed by atoms with Crippen molar-refractivity contribution in [1.82, 2.24) is 0 Å². The SMILES string of the molecule is CCCC[C]1[CH][CH][C](C)[CH]1.CCCC[C]1[CH][CH][C](C)[CH]1.[CH3-].[CH3-].[Zr+4]. The second-order valence-electron chi connectivity index (χ2n) is 5.80. The predicted octanol–water partition coefficient (Wildman–Crippen LogP) is 6.84. The fraction of sp³-hybridized carbons (Fsp3) is 0.455. The fourth-order valence-corrected chi connectivity index (χ4v) is 2.33. The molecule has 0 aromatic rings. The molecular formula is C22H36Zr+2. The van der Waals surface area contributed by atoms with Crippen LogP contribution in [-0.4, -0.2) is 0 Å². The first-order valence-electron chi connectivity index (χ1n) is 8.10. The maximum absolute atomic E-state index is 2.27. The Balaban J connectivity index is -0.000000308. The third kappa shape index (κ3) is 13.8. The average molecular weight is 392 g/mol. The van der Waals surface area contributed by atoms with Gasteiger partial charge >= 0.3 is 26.2 Å². The van der Waals surface area contributed by atoms with E-state index in [9.17, 15) is 0 Å². The van der Waals surface area contributed by atoms with Crippen molar-refractivity contribution in [2.45, 2.75) is 66.2 Å². The van der Waals surface area contributed by atoms with Gasteiger partial charge in [0.1, 0.15) is 0 Å². The van der Waals surface area contributed by atoms with Crippen LogP contribution >= 0.6 is 0 Å². The molecule has 0 aromatic carbocycles. The van der Waals surface area contributed by atoms with Gasteiger partial charge in [-0.15, -0.1) is 0 Å². The normalized spacial score (nSPS) is 19.3. The van der Waals surface area contributed by atoms with E-state index < -0.39 is 0 Å². The van der Waals surface area contributed by atoms with Gasteiger partial charge in [-0.2, -0.15) is 0 Å². The van der Waals surface area contributed by atoms with E-state index in [-0.39, 0.29) is 41.1 Å². The Morgan fingerprint density at radius 2 is 1.00 bits per heavy atom. The van der Waals surface area contributed by atoms with Gasteiger partial charge in [0.2, 0.25) is 0 Å². The Bertz CT molecular complexity index is 202. The summed E-state index contributed by atoms with van der Waals surface area (Å²) in [6.45, 7) is 8.76. The summed E-state index contributed by atoms with van der Waals surface area (Å²) >= 11 is 0. The van der Waals surface area contributed by atoms with Gasteiger partial charge in [-0.1, -0.05) is 53.4 Å². The number of hydrogen-bond donors (Lipinski definition) is 0. The smallest absolute Gasteiger partial charge is 0.358 e. The van der Waals surface area contributed by atoms with Crippen LogP contribution < -0.4 is 0 Å². The summed E-state index contributed by atoms with van der Waals surface area (Å²) < 4.78 is 0. The molecule has 0 atom stereocenters. The summed E-state index contributed by atoms with van der Waals surface area (Å²) in [4.78, 5) is 0. The van der Waals surface area contributed by atoms with Crippen LogP contribution in [0.2, 0.25) is 0 Å². The molecule has 0 heterocycles. The zero-order valence-electron chi connectivity index (χ0n) is 16.2. The second kappa shape index (κ2) is 17.7. The minimum absolute atomic E-state index is 0. The van der Waals surface area contributed by atoms with Crippen molar-refractivity contribution in [3.05, 3.63) is 77.0 Å². The molecule has 23 heavy (non-hydrogen) atoms. The maximum atomic E-state index is 2.27. The topological polar surface area (TPSA) is 0 Å². The van der Waals surface area contributed by atoms with Crippen molar-refractivity contribution in [2.75, 3.05) is 0 Å². The Hall–Kier alpha value is 0.883. The molecule has 0 amide bonds. The van der Waals surface area contributed by atoms with E-state index in [1.807, 2.05) is 0 Å². The van der Waals surface area contributed by atoms with Crippen LogP contribution in [0.25, 0.3) is 0 Å². The van der Waals surface area contributed by atoms with Crippen molar-refractivity contribution >= 4 is 0 Å². The van der Waals surface area contributed by atoms with E-state index in [1.54, 1.807) is 0 Å². The van der Waals surface area contributed by atoms with Crippen LogP contribution in [0.1, 0.15) is 66.2 Å². The number of hydrogen-bond acceptors (Lipinski definition) is 0. The van der Waals surface area contributed by atoms with Crippen molar-refractivity contribution < 1.29 is 26.2 Å². The van der Waals surface area contributed by atoms with Gasteiger partial charge in [0.25, 0.3) is 0 Å². The van der Waals surface area contributed by atoms with Crippen molar-refractivity contribution in [3.8, 4) is 0 Å². The Morgan fingerprint density at radius 3 is 1.22 bits per heavy atom. The number of unbranched alkanes of at least 4 members (excludes halogenated alkanes) is 2. The van der Waals surface area contributed by atoms with E-state index in [4.69, 9.17) is 0 Å². The zero-order valence-corrected chi connectivity index (χ0v) is 18.7. The fourth-order valence-electron chi connectivity index (χ4n) is 2.33. The van der Waals surface area contributed by atoms with Crippen LogP contribution in [-0.2, 0) is 26.2 Å². The summed E-state index contributed by atoms with van der Waals surface area (Å²) in [6, 6.07) is 0. The van der Waals surface area contributed by atoms with Crippen LogP contribution in [0.5, 0.6) is 0 Å². The Kier molecular flexibility index (Phi) is 22.1. The van der Waals surface area contributed by atoms with E-state index in [0.717, 1.165) is 0 Å².